The molecule has 0 fully saturated rings. The van der Waals surface area contributed by atoms with Crippen LogP contribution < -0.4 is 0 Å². The number of phenols is 2. The van der Waals surface area contributed by atoms with Crippen LogP contribution in [0.15, 0.2) is 36.4 Å². The first-order valence-corrected chi connectivity index (χ1v) is 6.03. The Morgan fingerprint density at radius 3 is 1.55 bits per heavy atom. The molecule has 0 aromatic heterocycles. The minimum atomic E-state index is -0.254. The summed E-state index contributed by atoms with van der Waals surface area (Å²) < 4.78 is 0. The van der Waals surface area contributed by atoms with Crippen LogP contribution in [0.1, 0.15) is 35.1 Å². The first-order valence-electron chi connectivity index (χ1n) is 6.03. The van der Waals surface area contributed by atoms with E-state index in [-0.39, 0.29) is 17.4 Å². The molecule has 0 spiro atoms. The second kappa shape index (κ2) is 5.34. The Morgan fingerprint density at radius 1 is 0.850 bits per heavy atom. The van der Waals surface area contributed by atoms with Crippen LogP contribution in [0.25, 0.3) is 0 Å². The molecule has 20 heavy (non-hydrogen) atoms. The topological polar surface area (TPSA) is 88.0 Å². The van der Waals surface area contributed by atoms with E-state index in [1.165, 1.54) is 12.1 Å². The summed E-state index contributed by atoms with van der Waals surface area (Å²) in [6.07, 6.45) is 0. The van der Waals surface area contributed by atoms with Gasteiger partial charge in [0.1, 0.15) is 11.5 Å². The van der Waals surface area contributed by atoms with Crippen molar-refractivity contribution in [2.24, 2.45) is 0 Å². The number of aromatic hydroxyl groups is 2. The number of nitrogens with zero attached hydrogens (tertiary/aromatic N) is 2. The minimum absolute atomic E-state index is 0.0142. The van der Waals surface area contributed by atoms with Gasteiger partial charge in [0.2, 0.25) is 0 Å². The molecule has 2 aromatic rings. The molecule has 0 saturated carbocycles. The van der Waals surface area contributed by atoms with Crippen LogP contribution >= 0.6 is 0 Å². The number of benzene rings is 2. The van der Waals surface area contributed by atoms with Gasteiger partial charge in [-0.1, -0.05) is 19.1 Å². The first kappa shape index (κ1) is 13.5. The first-order chi connectivity index (χ1) is 9.56. The smallest absolute Gasteiger partial charge is 0.120 e. The third kappa shape index (κ3) is 2.41. The third-order valence-electron chi connectivity index (χ3n) is 3.25. The summed E-state index contributed by atoms with van der Waals surface area (Å²) in [7, 11) is 0. The lowest BCUT2D eigenvalue weighted by Crippen LogP contribution is -1.98. The van der Waals surface area contributed by atoms with E-state index in [1.807, 2.05) is 19.1 Å². The van der Waals surface area contributed by atoms with Crippen molar-refractivity contribution in [1.82, 2.24) is 0 Å². The summed E-state index contributed by atoms with van der Waals surface area (Å²) in [6, 6.07) is 13.3. The van der Waals surface area contributed by atoms with Gasteiger partial charge in [0, 0.05) is 17.0 Å². The van der Waals surface area contributed by atoms with Gasteiger partial charge >= 0.3 is 0 Å². The Hall–Kier alpha value is -2.98. The van der Waals surface area contributed by atoms with Crippen molar-refractivity contribution in [1.29, 1.82) is 10.5 Å². The van der Waals surface area contributed by atoms with E-state index in [9.17, 15) is 10.2 Å². The predicted octanol–water partition coefficient (Wildman–Crippen LogP) is 2.99. The zero-order valence-electron chi connectivity index (χ0n) is 10.8. The Bertz CT molecular complexity index is 676. The lowest BCUT2D eigenvalue weighted by Gasteiger charge is -2.15. The highest BCUT2D eigenvalue weighted by molar-refractivity contribution is 5.50. The van der Waals surface area contributed by atoms with E-state index in [1.54, 1.807) is 24.3 Å². The Balaban J connectivity index is 2.44. The summed E-state index contributed by atoms with van der Waals surface area (Å²) in [4.78, 5) is 0. The van der Waals surface area contributed by atoms with Gasteiger partial charge in [-0.25, -0.2) is 0 Å². The molecule has 2 rings (SSSR count). The summed E-state index contributed by atoms with van der Waals surface area (Å²) in [5, 5.41) is 37.5. The van der Waals surface area contributed by atoms with Crippen LogP contribution in [0.3, 0.4) is 0 Å². The Kier molecular flexibility index (Phi) is 3.59. The second-order valence-corrected chi connectivity index (χ2v) is 4.49. The number of phenolic OH excluding ortho intramolecular Hbond substituents is 2. The fourth-order valence-corrected chi connectivity index (χ4v) is 2.13. The van der Waals surface area contributed by atoms with E-state index in [0.29, 0.717) is 22.3 Å². The number of nitriles is 2. The maximum Gasteiger partial charge on any atom is 0.120 e. The monoisotopic (exact) mass is 264 g/mol. The minimum Gasteiger partial charge on any atom is -0.508 e. The van der Waals surface area contributed by atoms with E-state index in [4.69, 9.17) is 10.5 Å². The third-order valence-corrected chi connectivity index (χ3v) is 3.25. The molecular weight excluding hydrogens is 252 g/mol. The van der Waals surface area contributed by atoms with Crippen LogP contribution in [-0.2, 0) is 0 Å². The zero-order chi connectivity index (χ0) is 14.7. The normalized spacial score (nSPS) is 10.0. The van der Waals surface area contributed by atoms with Crippen molar-refractivity contribution in [2.45, 2.75) is 12.8 Å². The molecule has 0 amide bonds. The highest BCUT2D eigenvalue weighted by atomic mass is 16.3. The van der Waals surface area contributed by atoms with Gasteiger partial charge in [0.05, 0.1) is 23.3 Å². The lowest BCUT2D eigenvalue weighted by molar-refractivity contribution is 0.456. The molecule has 0 aliphatic heterocycles. The summed E-state index contributed by atoms with van der Waals surface area (Å²) >= 11 is 0. The lowest BCUT2D eigenvalue weighted by atomic mass is 9.90. The molecular formula is C16H12N2O2. The van der Waals surface area contributed by atoms with Crippen LogP contribution in [-0.4, -0.2) is 10.2 Å². The number of rotatable bonds is 2. The van der Waals surface area contributed by atoms with Gasteiger partial charge in [-0.2, -0.15) is 10.5 Å². The van der Waals surface area contributed by atoms with Gasteiger partial charge in [-0.3, -0.25) is 0 Å². The largest absolute Gasteiger partial charge is 0.508 e. The molecule has 4 heteroatoms. The van der Waals surface area contributed by atoms with Gasteiger partial charge in [0.25, 0.3) is 0 Å². The zero-order valence-corrected chi connectivity index (χ0v) is 10.8. The molecule has 0 bridgehead atoms. The maximum atomic E-state index is 9.96. The summed E-state index contributed by atoms with van der Waals surface area (Å²) in [5.74, 6) is -0.226. The number of hydrogen-bond donors (Lipinski definition) is 2. The molecule has 0 radical (unpaired) electrons. The van der Waals surface area contributed by atoms with E-state index < -0.39 is 0 Å². The molecule has 4 nitrogen and oxygen atoms in total. The molecule has 2 N–H and O–H groups in total. The average molecular weight is 264 g/mol. The Labute approximate surface area is 116 Å². The molecule has 0 aliphatic carbocycles. The standard InChI is InChI=1S/C16H12N2O2/c1-10(13-4-2-11(8-17)6-15(13)19)14-5-3-12(9-18)7-16(14)20/h2-7,10,19-20H,1H3. The summed E-state index contributed by atoms with van der Waals surface area (Å²) in [6.45, 7) is 1.84. The predicted molar refractivity (Wildman–Crippen MR) is 73.2 cm³/mol. The van der Waals surface area contributed by atoms with Crippen molar-refractivity contribution < 1.29 is 10.2 Å². The SMILES string of the molecule is CC(c1ccc(C#N)cc1O)c1ccc(C#N)cc1O. The van der Waals surface area contributed by atoms with Crippen LogP contribution in [0.5, 0.6) is 11.5 Å². The van der Waals surface area contributed by atoms with Crippen LogP contribution in [0, 0.1) is 22.7 Å². The van der Waals surface area contributed by atoms with Crippen molar-refractivity contribution in [3.63, 3.8) is 0 Å². The van der Waals surface area contributed by atoms with Gasteiger partial charge < -0.3 is 10.2 Å². The van der Waals surface area contributed by atoms with Gasteiger partial charge in [0.15, 0.2) is 0 Å². The van der Waals surface area contributed by atoms with E-state index in [0.717, 1.165) is 0 Å². The maximum absolute atomic E-state index is 9.96. The molecule has 0 unspecified atom stereocenters. The average Bonchev–Trinajstić information content (AvgIpc) is 2.46. The van der Waals surface area contributed by atoms with Gasteiger partial charge in [-0.15, -0.1) is 0 Å². The summed E-state index contributed by atoms with van der Waals surface area (Å²) in [5.41, 5.74) is 1.98. The van der Waals surface area contributed by atoms with Gasteiger partial charge in [-0.05, 0) is 24.3 Å². The Morgan fingerprint density at radius 2 is 1.25 bits per heavy atom. The molecule has 2 aromatic carbocycles. The molecule has 0 aliphatic rings. The van der Waals surface area contributed by atoms with Crippen molar-refractivity contribution in [3.8, 4) is 23.6 Å². The van der Waals surface area contributed by atoms with Crippen LogP contribution in [0.2, 0.25) is 0 Å². The molecule has 0 heterocycles. The fraction of sp³-hybridized carbons (Fsp3) is 0.125. The molecule has 0 atom stereocenters. The molecule has 0 saturated heterocycles. The second-order valence-electron chi connectivity index (χ2n) is 4.49. The van der Waals surface area contributed by atoms with Crippen molar-refractivity contribution >= 4 is 0 Å². The van der Waals surface area contributed by atoms with Crippen LogP contribution in [0.4, 0.5) is 0 Å². The highest BCUT2D eigenvalue weighted by Gasteiger charge is 2.16. The van der Waals surface area contributed by atoms with Crippen molar-refractivity contribution in [3.05, 3.63) is 58.7 Å². The quantitative estimate of drug-likeness (QED) is 0.872. The van der Waals surface area contributed by atoms with Crippen molar-refractivity contribution in [2.75, 3.05) is 0 Å². The highest BCUT2D eigenvalue weighted by Crippen LogP contribution is 2.35. The fourth-order valence-electron chi connectivity index (χ4n) is 2.13. The van der Waals surface area contributed by atoms with E-state index >= 15 is 0 Å². The molecule has 98 valence electrons. The van der Waals surface area contributed by atoms with E-state index in [2.05, 4.69) is 0 Å². The number of hydrogen-bond acceptors (Lipinski definition) is 4.